The van der Waals surface area contributed by atoms with Crippen LogP contribution in [0.4, 0.5) is 28.4 Å². The summed E-state index contributed by atoms with van der Waals surface area (Å²) >= 11 is 0. The normalized spacial score (nSPS) is 11.1. The minimum absolute atomic E-state index is 0.00314. The fourth-order valence-corrected chi connectivity index (χ4v) is 3.56. The van der Waals surface area contributed by atoms with Gasteiger partial charge in [0.2, 0.25) is 11.8 Å². The van der Waals surface area contributed by atoms with Crippen molar-refractivity contribution in [3.8, 4) is 5.88 Å². The molecule has 0 atom stereocenters. The van der Waals surface area contributed by atoms with Gasteiger partial charge in [0.25, 0.3) is 5.69 Å². The molecule has 176 valence electrons. The van der Waals surface area contributed by atoms with E-state index in [0.717, 1.165) is 23.8 Å². The summed E-state index contributed by atoms with van der Waals surface area (Å²) in [5.41, 5.74) is 0.775. The van der Waals surface area contributed by atoms with Gasteiger partial charge < -0.3 is 15.0 Å². The zero-order valence-corrected chi connectivity index (χ0v) is 18.3. The molecule has 0 radical (unpaired) electrons. The molecule has 35 heavy (non-hydrogen) atoms. The number of rotatable bonds is 7. The molecule has 1 aromatic heterocycles. The van der Waals surface area contributed by atoms with Crippen molar-refractivity contribution in [1.29, 1.82) is 0 Å². The van der Waals surface area contributed by atoms with E-state index in [1.165, 1.54) is 4.57 Å². The molecule has 0 saturated carbocycles. The number of carbonyl (C=O) groups excluding carboxylic acids is 1. The van der Waals surface area contributed by atoms with E-state index < -0.39 is 21.2 Å². The molecule has 0 aliphatic rings. The number of amides is 1. The van der Waals surface area contributed by atoms with E-state index in [9.17, 15) is 30.1 Å². The number of anilines is 1. The Balaban J connectivity index is 1.69. The molecular formula is C23H18N6O6. The number of hydrogen-bond donors (Lipinski definition) is 2. The van der Waals surface area contributed by atoms with E-state index in [1.807, 2.05) is 25.1 Å². The third-order valence-electron chi connectivity index (χ3n) is 5.15. The lowest BCUT2D eigenvalue weighted by molar-refractivity contribution is -0.393. The van der Waals surface area contributed by atoms with Crippen LogP contribution in [0, 0.1) is 27.2 Å². The lowest BCUT2D eigenvalue weighted by atomic mass is 10.2. The Hall–Kier alpha value is -5.13. The first-order valence-corrected chi connectivity index (χ1v) is 10.3. The van der Waals surface area contributed by atoms with Gasteiger partial charge in [-0.3, -0.25) is 25.0 Å². The van der Waals surface area contributed by atoms with Crippen LogP contribution in [-0.4, -0.2) is 25.4 Å². The highest BCUT2D eigenvalue weighted by Crippen LogP contribution is 2.40. The number of aromatic nitrogens is 1. The highest BCUT2D eigenvalue weighted by atomic mass is 16.6. The Kier molecular flexibility index (Phi) is 6.18. The molecule has 2 N–H and O–H groups in total. The van der Waals surface area contributed by atoms with Crippen LogP contribution in [0.5, 0.6) is 5.88 Å². The van der Waals surface area contributed by atoms with Gasteiger partial charge in [0.05, 0.1) is 21.4 Å². The van der Waals surface area contributed by atoms with E-state index in [0.29, 0.717) is 16.6 Å². The van der Waals surface area contributed by atoms with Crippen molar-refractivity contribution < 1.29 is 19.7 Å². The maximum atomic E-state index is 12.7. The highest BCUT2D eigenvalue weighted by molar-refractivity contribution is 5.97. The summed E-state index contributed by atoms with van der Waals surface area (Å²) in [7, 11) is 0. The molecule has 4 aromatic rings. The average molecular weight is 474 g/mol. The molecule has 0 bridgehead atoms. The number of nitro groups is 2. The minimum Gasteiger partial charge on any atom is -0.493 e. The van der Waals surface area contributed by atoms with Crippen LogP contribution in [-0.2, 0) is 11.3 Å². The molecule has 12 heteroatoms. The van der Waals surface area contributed by atoms with Crippen molar-refractivity contribution in [3.05, 3.63) is 92.5 Å². The molecule has 0 saturated heterocycles. The Morgan fingerprint density at radius 1 is 1.00 bits per heavy atom. The predicted octanol–water partition coefficient (Wildman–Crippen LogP) is 5.53. The number of carbonyl (C=O) groups is 1. The SMILES string of the molecule is Cc1cccc(NC(=O)Cn2c(O)c(N=Nc3ccc([N+](=O)[O-])cc3[N+](=O)[O-])c3ccccc32)c1. The first kappa shape index (κ1) is 23.0. The fraction of sp³-hybridized carbons (Fsp3) is 0.0870. The minimum atomic E-state index is -0.805. The molecule has 3 aromatic carbocycles. The second-order valence-corrected chi connectivity index (χ2v) is 7.58. The van der Waals surface area contributed by atoms with E-state index in [4.69, 9.17) is 0 Å². The number of benzene rings is 3. The molecule has 0 aliphatic carbocycles. The van der Waals surface area contributed by atoms with Gasteiger partial charge in [0, 0.05) is 17.1 Å². The smallest absolute Gasteiger partial charge is 0.303 e. The number of azo groups is 1. The molecule has 0 spiro atoms. The Labute approximate surface area is 197 Å². The summed E-state index contributed by atoms with van der Waals surface area (Å²) in [6, 6.07) is 17.0. The van der Waals surface area contributed by atoms with Crippen molar-refractivity contribution in [1.82, 2.24) is 4.57 Å². The van der Waals surface area contributed by atoms with Gasteiger partial charge in [-0.05, 0) is 36.8 Å². The van der Waals surface area contributed by atoms with E-state index in [-0.39, 0.29) is 29.7 Å². The lowest BCUT2D eigenvalue weighted by Crippen LogP contribution is -2.18. The Morgan fingerprint density at radius 3 is 2.49 bits per heavy atom. The molecular weight excluding hydrogens is 456 g/mol. The van der Waals surface area contributed by atoms with Crippen LogP contribution < -0.4 is 5.32 Å². The van der Waals surface area contributed by atoms with Gasteiger partial charge in [-0.15, -0.1) is 10.2 Å². The van der Waals surface area contributed by atoms with E-state index in [1.54, 1.807) is 30.3 Å². The number of nitro benzene ring substituents is 2. The summed E-state index contributed by atoms with van der Waals surface area (Å²) in [6.45, 7) is 1.67. The molecule has 0 aliphatic heterocycles. The van der Waals surface area contributed by atoms with Gasteiger partial charge in [0.15, 0.2) is 11.4 Å². The van der Waals surface area contributed by atoms with Crippen molar-refractivity contribution in [2.45, 2.75) is 13.5 Å². The summed E-state index contributed by atoms with van der Waals surface area (Å²) < 4.78 is 1.35. The monoisotopic (exact) mass is 474 g/mol. The van der Waals surface area contributed by atoms with Crippen molar-refractivity contribution in [3.63, 3.8) is 0 Å². The Morgan fingerprint density at radius 2 is 1.77 bits per heavy atom. The highest BCUT2D eigenvalue weighted by Gasteiger charge is 2.21. The summed E-state index contributed by atoms with van der Waals surface area (Å²) in [4.78, 5) is 33.4. The van der Waals surface area contributed by atoms with Gasteiger partial charge in [-0.25, -0.2) is 0 Å². The molecule has 0 unspecified atom stereocenters. The van der Waals surface area contributed by atoms with Crippen molar-refractivity contribution in [2.24, 2.45) is 10.2 Å². The lowest BCUT2D eigenvalue weighted by Gasteiger charge is -2.09. The van der Waals surface area contributed by atoms with Crippen molar-refractivity contribution in [2.75, 3.05) is 5.32 Å². The van der Waals surface area contributed by atoms with Crippen LogP contribution in [0.25, 0.3) is 10.9 Å². The number of non-ortho nitro benzene ring substituents is 1. The number of aryl methyl sites for hydroxylation is 1. The Bertz CT molecular complexity index is 1510. The number of para-hydroxylation sites is 1. The van der Waals surface area contributed by atoms with Gasteiger partial charge in [-0.2, -0.15) is 0 Å². The van der Waals surface area contributed by atoms with Crippen LogP contribution in [0.2, 0.25) is 0 Å². The first-order valence-electron chi connectivity index (χ1n) is 10.3. The molecule has 1 amide bonds. The second kappa shape index (κ2) is 9.39. The molecule has 12 nitrogen and oxygen atoms in total. The van der Waals surface area contributed by atoms with Crippen LogP contribution in [0.15, 0.2) is 77.0 Å². The first-order chi connectivity index (χ1) is 16.7. The largest absolute Gasteiger partial charge is 0.493 e. The maximum Gasteiger partial charge on any atom is 0.303 e. The van der Waals surface area contributed by atoms with Crippen LogP contribution >= 0.6 is 0 Å². The van der Waals surface area contributed by atoms with E-state index >= 15 is 0 Å². The summed E-state index contributed by atoms with van der Waals surface area (Å²) in [5, 5.41) is 44.2. The number of fused-ring (bicyclic) bond motifs is 1. The van der Waals surface area contributed by atoms with Crippen LogP contribution in [0.1, 0.15) is 5.56 Å². The number of nitrogens with one attached hydrogen (secondary N) is 1. The zero-order valence-electron chi connectivity index (χ0n) is 18.3. The van der Waals surface area contributed by atoms with Gasteiger partial charge >= 0.3 is 5.69 Å². The number of hydrogen-bond acceptors (Lipinski definition) is 8. The summed E-state index contributed by atoms with van der Waals surface area (Å²) in [5.74, 6) is -0.750. The molecule has 1 heterocycles. The van der Waals surface area contributed by atoms with Crippen molar-refractivity contribution >= 4 is 45.2 Å². The standard InChI is InChI=1S/C23H18N6O6/c1-14-5-4-6-15(11-14)24-21(30)13-27-19-8-3-2-7-17(19)22(23(27)31)26-25-18-10-9-16(28(32)33)12-20(18)29(34)35/h2-12,31H,13H2,1H3,(H,24,30). The third-order valence-corrected chi connectivity index (χ3v) is 5.15. The molecule has 4 rings (SSSR count). The number of aromatic hydroxyl groups is 1. The van der Waals surface area contributed by atoms with E-state index in [2.05, 4.69) is 15.5 Å². The second-order valence-electron chi connectivity index (χ2n) is 7.58. The molecule has 0 fully saturated rings. The maximum absolute atomic E-state index is 12.7. The van der Waals surface area contributed by atoms with Gasteiger partial charge in [-0.1, -0.05) is 30.3 Å². The summed E-state index contributed by atoms with van der Waals surface area (Å²) in [6.07, 6.45) is 0. The third kappa shape index (κ3) is 4.80. The topological polar surface area (TPSA) is 165 Å². The number of nitrogens with zero attached hydrogens (tertiary/aromatic N) is 5. The van der Waals surface area contributed by atoms with Gasteiger partial charge in [0.1, 0.15) is 6.54 Å². The quantitative estimate of drug-likeness (QED) is 0.203. The fourth-order valence-electron chi connectivity index (χ4n) is 3.56. The van der Waals surface area contributed by atoms with Crippen LogP contribution in [0.3, 0.4) is 0 Å². The average Bonchev–Trinajstić information content (AvgIpc) is 3.08. The predicted molar refractivity (Wildman–Crippen MR) is 127 cm³/mol. The zero-order chi connectivity index (χ0) is 25.1.